The topological polar surface area (TPSA) is 32.3 Å². The van der Waals surface area contributed by atoms with Crippen molar-refractivity contribution >= 4 is 35.3 Å². The van der Waals surface area contributed by atoms with Crippen LogP contribution in [-0.2, 0) is 11.8 Å². The van der Waals surface area contributed by atoms with Gasteiger partial charge in [-0.05, 0) is 24.5 Å². The number of nitrogens with zero attached hydrogens (tertiary/aromatic N) is 4. The molecule has 2 aromatic rings. The molecule has 0 amide bonds. The van der Waals surface area contributed by atoms with Crippen LogP contribution in [0.15, 0.2) is 35.4 Å². The highest BCUT2D eigenvalue weighted by Crippen LogP contribution is 2.49. The van der Waals surface area contributed by atoms with Gasteiger partial charge >= 0.3 is 0 Å². The fourth-order valence-corrected chi connectivity index (χ4v) is 6.10. The van der Waals surface area contributed by atoms with Gasteiger partial charge in [0.15, 0.2) is 0 Å². The maximum atomic E-state index is 4.85. The molecule has 0 aliphatic carbocycles. The number of hydrogen-bond donors (Lipinski definition) is 0. The molecule has 130 valence electrons. The van der Waals surface area contributed by atoms with E-state index in [9.17, 15) is 0 Å². The van der Waals surface area contributed by atoms with Crippen molar-refractivity contribution in [3.05, 3.63) is 41.7 Å². The van der Waals surface area contributed by atoms with Gasteiger partial charge in [0.25, 0.3) is 0 Å². The Morgan fingerprint density at radius 1 is 1.20 bits per heavy atom. The summed E-state index contributed by atoms with van der Waals surface area (Å²) in [5.41, 5.74) is 4.49. The molecule has 0 radical (unpaired) electrons. The molecule has 0 unspecified atom stereocenters. The van der Waals surface area contributed by atoms with Gasteiger partial charge < -0.3 is 9.21 Å². The molecule has 1 aromatic carbocycles. The number of rotatable bonds is 2. The van der Waals surface area contributed by atoms with E-state index in [0.717, 1.165) is 37.8 Å². The van der Waals surface area contributed by atoms with Gasteiger partial charge in [0, 0.05) is 54.6 Å². The van der Waals surface area contributed by atoms with Crippen molar-refractivity contribution in [3.63, 3.8) is 0 Å². The maximum Gasteiger partial charge on any atom is 0.225 e. The number of hydrogen-bond acceptors (Lipinski definition) is 6. The molecule has 0 bridgehead atoms. The first-order chi connectivity index (χ1) is 12.3. The summed E-state index contributed by atoms with van der Waals surface area (Å²) in [5.74, 6) is 2.09. The zero-order chi connectivity index (χ0) is 16.9. The van der Waals surface area contributed by atoms with Crippen molar-refractivity contribution in [1.29, 1.82) is 0 Å². The highest BCUT2D eigenvalue weighted by atomic mass is 32.2. The van der Waals surface area contributed by atoms with Crippen molar-refractivity contribution in [2.75, 3.05) is 40.8 Å². The van der Waals surface area contributed by atoms with Crippen LogP contribution in [0.25, 0.3) is 0 Å². The van der Waals surface area contributed by atoms with E-state index in [0.29, 0.717) is 5.41 Å². The lowest BCUT2D eigenvalue weighted by Crippen LogP contribution is -2.45. The number of benzene rings is 1. The minimum absolute atomic E-state index is 0.294. The maximum absolute atomic E-state index is 4.85. The number of piperidine rings is 1. The van der Waals surface area contributed by atoms with Crippen molar-refractivity contribution < 1.29 is 0 Å². The lowest BCUT2D eigenvalue weighted by Gasteiger charge is -2.39. The highest BCUT2D eigenvalue weighted by molar-refractivity contribution is 8.00. The lowest BCUT2D eigenvalue weighted by atomic mass is 9.74. The van der Waals surface area contributed by atoms with E-state index in [1.807, 2.05) is 29.9 Å². The average Bonchev–Trinajstić information content (AvgIpc) is 3.25. The second-order valence-electron chi connectivity index (χ2n) is 7.08. The smallest absolute Gasteiger partial charge is 0.225 e. The number of aryl methyl sites for hydroxylation is 1. The SMILES string of the molecule is CSN1CC2(CCN(c3ncc4c(n3)CCS4)CC2)c2ccccc21. The van der Waals surface area contributed by atoms with Gasteiger partial charge in [0.1, 0.15) is 0 Å². The molecule has 1 fully saturated rings. The van der Waals surface area contributed by atoms with Crippen LogP contribution in [0.2, 0.25) is 0 Å². The summed E-state index contributed by atoms with van der Waals surface area (Å²) in [4.78, 5) is 13.2. The summed E-state index contributed by atoms with van der Waals surface area (Å²) >= 11 is 3.73. The quantitative estimate of drug-likeness (QED) is 0.749. The summed E-state index contributed by atoms with van der Waals surface area (Å²) in [6, 6.07) is 8.96. The second kappa shape index (κ2) is 6.09. The van der Waals surface area contributed by atoms with Gasteiger partial charge in [-0.3, -0.25) is 0 Å². The molecule has 1 spiro atoms. The van der Waals surface area contributed by atoms with E-state index >= 15 is 0 Å². The van der Waals surface area contributed by atoms with Crippen LogP contribution in [0, 0.1) is 0 Å². The number of para-hydroxylation sites is 1. The molecule has 1 aromatic heterocycles. The van der Waals surface area contributed by atoms with Crippen LogP contribution in [0.5, 0.6) is 0 Å². The first-order valence-electron chi connectivity index (χ1n) is 8.94. The molecule has 3 aliphatic rings. The van der Waals surface area contributed by atoms with E-state index < -0.39 is 0 Å². The molecule has 0 atom stereocenters. The Morgan fingerprint density at radius 3 is 2.88 bits per heavy atom. The van der Waals surface area contributed by atoms with Crippen LogP contribution in [-0.4, -0.2) is 41.6 Å². The highest BCUT2D eigenvalue weighted by Gasteiger charge is 2.44. The van der Waals surface area contributed by atoms with Crippen molar-refractivity contribution in [3.8, 4) is 0 Å². The van der Waals surface area contributed by atoms with Gasteiger partial charge in [-0.15, -0.1) is 11.8 Å². The summed E-state index contributed by atoms with van der Waals surface area (Å²) in [7, 11) is 0. The van der Waals surface area contributed by atoms with Crippen molar-refractivity contribution in [1.82, 2.24) is 9.97 Å². The van der Waals surface area contributed by atoms with Gasteiger partial charge in [-0.2, -0.15) is 0 Å². The molecule has 4 nitrogen and oxygen atoms in total. The van der Waals surface area contributed by atoms with Crippen LogP contribution >= 0.6 is 23.7 Å². The van der Waals surface area contributed by atoms with E-state index in [4.69, 9.17) is 4.98 Å². The third kappa shape index (κ3) is 2.53. The second-order valence-corrected chi connectivity index (χ2v) is 9.03. The molecule has 25 heavy (non-hydrogen) atoms. The molecule has 3 aliphatic heterocycles. The lowest BCUT2D eigenvalue weighted by molar-refractivity contribution is 0.355. The molecule has 0 N–H and O–H groups in total. The fraction of sp³-hybridized carbons (Fsp3) is 0.474. The Morgan fingerprint density at radius 2 is 2.04 bits per heavy atom. The summed E-state index contributed by atoms with van der Waals surface area (Å²) < 4.78 is 2.47. The van der Waals surface area contributed by atoms with Crippen molar-refractivity contribution in [2.24, 2.45) is 0 Å². The van der Waals surface area contributed by atoms with Gasteiger partial charge in [0.05, 0.1) is 11.4 Å². The van der Waals surface area contributed by atoms with Gasteiger partial charge in [-0.25, -0.2) is 9.97 Å². The number of thioether (sulfide) groups is 1. The monoisotopic (exact) mass is 370 g/mol. The Bertz CT molecular complexity index is 802. The first-order valence-corrected chi connectivity index (χ1v) is 11.1. The molecular formula is C19H22N4S2. The third-order valence-corrected chi connectivity index (χ3v) is 7.65. The predicted octanol–water partition coefficient (Wildman–Crippen LogP) is 3.76. The minimum Gasteiger partial charge on any atom is -0.341 e. The van der Waals surface area contributed by atoms with Crippen LogP contribution in [0.1, 0.15) is 24.1 Å². The molecule has 4 heterocycles. The summed E-state index contributed by atoms with van der Waals surface area (Å²) in [5, 5.41) is 0. The Labute approximate surface area is 157 Å². The number of anilines is 2. The van der Waals surface area contributed by atoms with Crippen LogP contribution < -0.4 is 9.21 Å². The van der Waals surface area contributed by atoms with Gasteiger partial charge in [0.2, 0.25) is 5.95 Å². The molecular weight excluding hydrogens is 348 g/mol. The average molecular weight is 371 g/mol. The van der Waals surface area contributed by atoms with E-state index in [1.54, 1.807) is 0 Å². The Hall–Kier alpha value is -1.40. The first kappa shape index (κ1) is 15.8. The van der Waals surface area contributed by atoms with E-state index in [2.05, 4.69) is 44.7 Å². The molecule has 5 rings (SSSR count). The number of aromatic nitrogens is 2. The Kier molecular flexibility index (Phi) is 3.86. The molecule has 1 saturated heterocycles. The summed E-state index contributed by atoms with van der Waals surface area (Å²) in [6.07, 6.45) is 7.65. The molecule has 0 saturated carbocycles. The van der Waals surface area contributed by atoms with Crippen LogP contribution in [0.4, 0.5) is 11.6 Å². The fourth-order valence-electron chi connectivity index (χ4n) is 4.42. The van der Waals surface area contributed by atoms with Crippen LogP contribution in [0.3, 0.4) is 0 Å². The zero-order valence-electron chi connectivity index (χ0n) is 14.4. The Balaban J connectivity index is 1.38. The minimum atomic E-state index is 0.294. The largest absolute Gasteiger partial charge is 0.341 e. The standard InChI is InChI=1S/C19H22N4S2/c1-24-23-13-19(14-4-2-3-5-16(14)23)7-9-22(10-8-19)18-20-12-17-15(21-18)6-11-25-17/h2-5,12H,6-11,13H2,1H3. The molecule has 6 heteroatoms. The number of fused-ring (bicyclic) bond motifs is 3. The predicted molar refractivity (Wildman–Crippen MR) is 107 cm³/mol. The van der Waals surface area contributed by atoms with Crippen molar-refractivity contribution in [2.45, 2.75) is 29.6 Å². The summed E-state index contributed by atoms with van der Waals surface area (Å²) in [6.45, 7) is 3.22. The van der Waals surface area contributed by atoms with E-state index in [-0.39, 0.29) is 0 Å². The zero-order valence-corrected chi connectivity index (χ0v) is 16.1. The van der Waals surface area contributed by atoms with E-state index in [1.165, 1.54) is 34.7 Å². The normalized spacial score (nSPS) is 20.8. The van der Waals surface area contributed by atoms with Gasteiger partial charge in [-0.1, -0.05) is 30.1 Å². The third-order valence-electron chi connectivity index (χ3n) is 5.83.